The average molecular weight is 477 g/mol. The molecule has 0 saturated heterocycles. The fourth-order valence-corrected chi connectivity index (χ4v) is 4.76. The number of rotatable bonds is 5. The predicted octanol–water partition coefficient (Wildman–Crippen LogP) is 4.54. The van der Waals surface area contributed by atoms with Crippen molar-refractivity contribution in [3.8, 4) is 6.07 Å². The molecule has 4 aromatic rings. The maximum absolute atomic E-state index is 13.8. The third-order valence-electron chi connectivity index (χ3n) is 6.93. The summed E-state index contributed by atoms with van der Waals surface area (Å²) in [5, 5.41) is 10.1. The molecular formula is C28H24N6O2. The Kier molecular flexibility index (Phi) is 5.35. The topological polar surface area (TPSA) is 118 Å². The van der Waals surface area contributed by atoms with Crippen molar-refractivity contribution in [2.24, 2.45) is 0 Å². The van der Waals surface area contributed by atoms with Crippen LogP contribution in [0.2, 0.25) is 0 Å². The first kappa shape index (κ1) is 22.1. The molecule has 1 saturated carbocycles. The summed E-state index contributed by atoms with van der Waals surface area (Å²) in [5.41, 5.74) is 13.3. The van der Waals surface area contributed by atoms with E-state index in [0.29, 0.717) is 37.1 Å². The van der Waals surface area contributed by atoms with Gasteiger partial charge in [0.25, 0.3) is 5.91 Å². The molecule has 0 spiro atoms. The number of hydrogen-bond donors (Lipinski definition) is 1. The summed E-state index contributed by atoms with van der Waals surface area (Å²) < 4.78 is 5.60. The first-order valence-electron chi connectivity index (χ1n) is 11.9. The molecule has 36 heavy (non-hydrogen) atoms. The second kappa shape index (κ2) is 8.70. The van der Waals surface area contributed by atoms with Crippen LogP contribution in [0, 0.1) is 18.3 Å². The van der Waals surface area contributed by atoms with Gasteiger partial charge in [0.1, 0.15) is 17.6 Å². The zero-order chi connectivity index (χ0) is 24.8. The van der Waals surface area contributed by atoms with Gasteiger partial charge in [-0.3, -0.25) is 9.78 Å². The summed E-state index contributed by atoms with van der Waals surface area (Å²) in [5.74, 6) is 0.781. The minimum atomic E-state index is -0.209. The number of fused-ring (bicyclic) bond motifs is 3. The number of pyridine rings is 3. The predicted molar refractivity (Wildman–Crippen MR) is 135 cm³/mol. The van der Waals surface area contributed by atoms with Crippen molar-refractivity contribution in [3.05, 3.63) is 88.0 Å². The van der Waals surface area contributed by atoms with E-state index in [1.165, 1.54) is 6.20 Å². The average Bonchev–Trinajstić information content (AvgIpc) is 3.63. The lowest BCUT2D eigenvalue weighted by Crippen LogP contribution is -2.31. The van der Waals surface area contributed by atoms with Crippen molar-refractivity contribution in [1.82, 2.24) is 15.0 Å². The minimum Gasteiger partial charge on any atom is -0.383 e. The van der Waals surface area contributed by atoms with Crippen LogP contribution in [0.15, 0.2) is 48.8 Å². The number of aryl methyl sites for hydroxylation is 1. The number of nitrogens with zero attached hydrogens (tertiary/aromatic N) is 5. The number of amides is 1. The molecule has 3 aromatic heterocycles. The van der Waals surface area contributed by atoms with Crippen LogP contribution in [0.25, 0.3) is 10.9 Å². The molecule has 1 aromatic carbocycles. The standard InChI is InChI=1S/C28H24N6O2/c1-16-26(9-20(12-31-16)18-3-4-18)34(28(35)19-5-6-21(10-29)32-11-19)13-17-2-7-22-23-14-36-15-24(23)27(30)33-25(22)8-17/h2,5-9,11-12,18H,3-4,13-15H2,1H3,(H2,30,33). The van der Waals surface area contributed by atoms with Gasteiger partial charge >= 0.3 is 0 Å². The van der Waals surface area contributed by atoms with Gasteiger partial charge < -0.3 is 15.4 Å². The summed E-state index contributed by atoms with van der Waals surface area (Å²) in [6.07, 6.45) is 5.65. The molecule has 0 atom stereocenters. The zero-order valence-corrected chi connectivity index (χ0v) is 19.9. The maximum Gasteiger partial charge on any atom is 0.260 e. The number of ether oxygens (including phenoxy) is 1. The maximum atomic E-state index is 13.8. The van der Waals surface area contributed by atoms with Crippen LogP contribution in [-0.2, 0) is 24.5 Å². The van der Waals surface area contributed by atoms with Crippen LogP contribution in [0.3, 0.4) is 0 Å². The van der Waals surface area contributed by atoms with Gasteiger partial charge in [-0.1, -0.05) is 12.1 Å². The highest BCUT2D eigenvalue weighted by Crippen LogP contribution is 2.41. The minimum absolute atomic E-state index is 0.209. The Morgan fingerprint density at radius 3 is 2.72 bits per heavy atom. The summed E-state index contributed by atoms with van der Waals surface area (Å²) >= 11 is 0. The second-order valence-corrected chi connectivity index (χ2v) is 9.38. The molecule has 1 amide bonds. The van der Waals surface area contributed by atoms with Crippen LogP contribution in [0.4, 0.5) is 11.5 Å². The smallest absolute Gasteiger partial charge is 0.260 e. The van der Waals surface area contributed by atoms with Gasteiger partial charge in [-0.05, 0) is 66.6 Å². The molecule has 2 aliphatic rings. The molecule has 1 fully saturated rings. The normalized spacial score (nSPS) is 14.4. The number of hydrogen-bond acceptors (Lipinski definition) is 7. The molecule has 0 bridgehead atoms. The fourth-order valence-electron chi connectivity index (χ4n) is 4.76. The molecule has 8 heteroatoms. The molecule has 6 rings (SSSR count). The summed E-state index contributed by atoms with van der Waals surface area (Å²) in [7, 11) is 0. The molecule has 1 aliphatic heterocycles. The third kappa shape index (κ3) is 3.93. The molecule has 4 heterocycles. The summed E-state index contributed by atoms with van der Waals surface area (Å²) in [4.78, 5) is 28.9. The molecule has 0 radical (unpaired) electrons. The van der Waals surface area contributed by atoms with E-state index < -0.39 is 0 Å². The van der Waals surface area contributed by atoms with E-state index in [-0.39, 0.29) is 11.6 Å². The van der Waals surface area contributed by atoms with Crippen molar-refractivity contribution < 1.29 is 9.53 Å². The van der Waals surface area contributed by atoms with Crippen molar-refractivity contribution >= 4 is 28.3 Å². The lowest BCUT2D eigenvalue weighted by Gasteiger charge is -2.25. The highest BCUT2D eigenvalue weighted by Gasteiger charge is 2.27. The van der Waals surface area contributed by atoms with E-state index in [0.717, 1.165) is 57.4 Å². The first-order valence-corrected chi connectivity index (χ1v) is 11.9. The number of nitriles is 1. The van der Waals surface area contributed by atoms with Gasteiger partial charge in [-0.15, -0.1) is 0 Å². The second-order valence-electron chi connectivity index (χ2n) is 9.38. The van der Waals surface area contributed by atoms with E-state index >= 15 is 0 Å². The fraction of sp³-hybridized carbons (Fsp3) is 0.250. The molecule has 0 unspecified atom stereocenters. The largest absolute Gasteiger partial charge is 0.383 e. The van der Waals surface area contributed by atoms with Crippen LogP contribution in [0.1, 0.15) is 62.8 Å². The van der Waals surface area contributed by atoms with E-state index in [2.05, 4.69) is 21.0 Å². The number of nitrogens with two attached hydrogens (primary N) is 1. The van der Waals surface area contributed by atoms with E-state index in [1.54, 1.807) is 17.0 Å². The molecule has 1 aliphatic carbocycles. The van der Waals surface area contributed by atoms with E-state index in [9.17, 15) is 4.79 Å². The van der Waals surface area contributed by atoms with Crippen LogP contribution in [0.5, 0.6) is 0 Å². The van der Waals surface area contributed by atoms with E-state index in [4.69, 9.17) is 15.7 Å². The van der Waals surface area contributed by atoms with Crippen molar-refractivity contribution in [1.29, 1.82) is 5.26 Å². The molecule has 178 valence electrons. The van der Waals surface area contributed by atoms with Crippen molar-refractivity contribution in [2.45, 2.75) is 45.4 Å². The monoisotopic (exact) mass is 476 g/mol. The van der Waals surface area contributed by atoms with Gasteiger partial charge in [0.2, 0.25) is 0 Å². The number of aromatic nitrogens is 3. The Balaban J connectivity index is 1.42. The van der Waals surface area contributed by atoms with Crippen LogP contribution in [-0.4, -0.2) is 20.9 Å². The Morgan fingerprint density at radius 2 is 1.97 bits per heavy atom. The van der Waals surface area contributed by atoms with Gasteiger partial charge in [-0.2, -0.15) is 5.26 Å². The van der Waals surface area contributed by atoms with Crippen molar-refractivity contribution in [3.63, 3.8) is 0 Å². The van der Waals surface area contributed by atoms with Gasteiger partial charge in [-0.25, -0.2) is 9.97 Å². The van der Waals surface area contributed by atoms with Gasteiger partial charge in [0, 0.05) is 23.3 Å². The SMILES string of the molecule is Cc1ncc(C2CC2)cc1N(Cc1ccc2c3c(c(N)nc2c1)COC3)C(=O)c1ccc(C#N)nc1. The Labute approximate surface area is 208 Å². The number of benzene rings is 1. The van der Waals surface area contributed by atoms with E-state index in [1.807, 2.05) is 37.4 Å². The number of carbonyl (C=O) groups excluding carboxylic acids is 1. The third-order valence-corrected chi connectivity index (χ3v) is 6.93. The van der Waals surface area contributed by atoms with Gasteiger partial charge in [0.15, 0.2) is 0 Å². The lowest BCUT2D eigenvalue weighted by molar-refractivity contribution is 0.0984. The highest BCUT2D eigenvalue weighted by molar-refractivity contribution is 6.06. The number of anilines is 2. The van der Waals surface area contributed by atoms with Crippen LogP contribution < -0.4 is 10.6 Å². The molecule has 8 nitrogen and oxygen atoms in total. The highest BCUT2D eigenvalue weighted by atomic mass is 16.5. The molecular weight excluding hydrogens is 452 g/mol. The Bertz CT molecular complexity index is 1550. The summed E-state index contributed by atoms with van der Waals surface area (Å²) in [6, 6.07) is 13.3. The Morgan fingerprint density at radius 1 is 1.14 bits per heavy atom. The quantitative estimate of drug-likeness (QED) is 0.449. The zero-order valence-electron chi connectivity index (χ0n) is 19.9. The first-order chi connectivity index (χ1) is 17.5. The Hall–Kier alpha value is -4.35. The van der Waals surface area contributed by atoms with Gasteiger partial charge in [0.05, 0.1) is 42.2 Å². The number of carbonyl (C=O) groups is 1. The molecule has 2 N–H and O–H groups in total. The van der Waals surface area contributed by atoms with Crippen LogP contribution >= 0.6 is 0 Å². The summed E-state index contributed by atoms with van der Waals surface area (Å²) in [6.45, 7) is 3.24. The van der Waals surface area contributed by atoms with Crippen molar-refractivity contribution in [2.75, 3.05) is 10.6 Å². The lowest BCUT2D eigenvalue weighted by atomic mass is 10.0. The number of nitrogen functional groups attached to an aromatic ring is 1.